The maximum atomic E-state index is 3.77. The van der Waals surface area contributed by atoms with E-state index in [-0.39, 0.29) is 0 Å². The highest BCUT2D eigenvalue weighted by molar-refractivity contribution is 4.66. The van der Waals surface area contributed by atoms with Crippen LogP contribution in [0.4, 0.5) is 0 Å². The fourth-order valence-corrected chi connectivity index (χ4v) is 0.504. The minimum Gasteiger partial charge on any atom is -0.255 e. The Labute approximate surface area is 61.7 Å². The second-order valence-electron chi connectivity index (χ2n) is 1.73. The van der Waals surface area contributed by atoms with E-state index in [4.69, 9.17) is 0 Å². The van der Waals surface area contributed by atoms with Crippen LogP contribution >= 0.6 is 0 Å². The molecule has 10 heavy (non-hydrogen) atoms. The topological polar surface area (TPSA) is 28.0 Å². The van der Waals surface area contributed by atoms with Crippen molar-refractivity contribution in [3.8, 4) is 0 Å². The molecule has 0 radical (unpaired) electrons. The van der Waals surface area contributed by atoms with Gasteiger partial charge in [0, 0.05) is 18.9 Å². The lowest BCUT2D eigenvalue weighted by molar-refractivity contribution is 0.375. The zero-order chi connectivity index (χ0) is 7.82. The van der Waals surface area contributed by atoms with Gasteiger partial charge in [-0.3, -0.25) is 5.01 Å². The van der Waals surface area contributed by atoms with Crippen molar-refractivity contribution in [1.82, 2.24) is 5.01 Å². The first-order chi connectivity index (χ1) is 4.85. The minimum atomic E-state index is 0.848. The van der Waals surface area contributed by atoms with Crippen LogP contribution in [0.2, 0.25) is 0 Å². The van der Waals surface area contributed by atoms with Crippen molar-refractivity contribution in [1.29, 1.82) is 0 Å². The standard InChI is InChI=1S/C7H13N3/c1-4-7-10(6-3)9-8-5-2/h5-6H,2-4,7H2,1H3/b9-8-. The van der Waals surface area contributed by atoms with E-state index in [9.17, 15) is 0 Å². The molecule has 0 rings (SSSR count). The Morgan fingerprint density at radius 1 is 1.50 bits per heavy atom. The molecule has 0 aliphatic carbocycles. The minimum absolute atomic E-state index is 0.848. The van der Waals surface area contributed by atoms with Gasteiger partial charge in [-0.15, -0.1) is 5.11 Å². The van der Waals surface area contributed by atoms with E-state index in [1.165, 1.54) is 6.20 Å². The highest BCUT2D eigenvalue weighted by Gasteiger charge is 1.89. The third kappa shape index (κ3) is 3.83. The van der Waals surface area contributed by atoms with Gasteiger partial charge in [-0.25, -0.2) is 0 Å². The van der Waals surface area contributed by atoms with E-state index in [0.717, 1.165) is 13.0 Å². The molecule has 0 amide bonds. The third-order valence-corrected chi connectivity index (χ3v) is 0.912. The Morgan fingerprint density at radius 3 is 2.60 bits per heavy atom. The molecule has 0 atom stereocenters. The highest BCUT2D eigenvalue weighted by atomic mass is 15.5. The summed E-state index contributed by atoms with van der Waals surface area (Å²) in [5.74, 6) is 0. The van der Waals surface area contributed by atoms with Crippen molar-refractivity contribution in [2.24, 2.45) is 10.3 Å². The predicted octanol–water partition coefficient (Wildman–Crippen LogP) is 2.35. The highest BCUT2D eigenvalue weighted by Crippen LogP contribution is 1.92. The molecule has 0 N–H and O–H groups in total. The summed E-state index contributed by atoms with van der Waals surface area (Å²) in [5.41, 5.74) is 0. The largest absolute Gasteiger partial charge is 0.255 e. The molecular weight excluding hydrogens is 126 g/mol. The third-order valence-electron chi connectivity index (χ3n) is 0.912. The second kappa shape index (κ2) is 6.01. The molecule has 0 aliphatic rings. The molecule has 0 aromatic heterocycles. The summed E-state index contributed by atoms with van der Waals surface area (Å²) in [4.78, 5) is 0. The fourth-order valence-electron chi connectivity index (χ4n) is 0.504. The molecular formula is C7H13N3. The van der Waals surface area contributed by atoms with Gasteiger partial charge in [0.2, 0.25) is 0 Å². The average Bonchev–Trinajstić information content (AvgIpc) is 1.98. The summed E-state index contributed by atoms with van der Waals surface area (Å²) in [6.45, 7) is 9.89. The Balaban J connectivity index is 3.69. The van der Waals surface area contributed by atoms with Gasteiger partial charge in [0.15, 0.2) is 0 Å². The first kappa shape index (κ1) is 8.88. The van der Waals surface area contributed by atoms with Crippen LogP contribution < -0.4 is 0 Å². The van der Waals surface area contributed by atoms with E-state index < -0.39 is 0 Å². The zero-order valence-electron chi connectivity index (χ0n) is 6.32. The summed E-state index contributed by atoms with van der Waals surface area (Å²) in [7, 11) is 0. The Morgan fingerprint density at radius 2 is 2.20 bits per heavy atom. The normalized spacial score (nSPS) is 9.70. The number of hydrogen-bond acceptors (Lipinski definition) is 2. The van der Waals surface area contributed by atoms with Gasteiger partial charge >= 0.3 is 0 Å². The summed E-state index contributed by atoms with van der Waals surface area (Å²) in [6, 6.07) is 0. The van der Waals surface area contributed by atoms with Gasteiger partial charge in [-0.05, 0) is 6.42 Å². The van der Waals surface area contributed by atoms with E-state index in [2.05, 4.69) is 30.4 Å². The van der Waals surface area contributed by atoms with Crippen molar-refractivity contribution in [3.63, 3.8) is 0 Å². The van der Waals surface area contributed by atoms with Crippen LogP contribution in [0.1, 0.15) is 13.3 Å². The van der Waals surface area contributed by atoms with E-state index >= 15 is 0 Å². The number of hydrogen-bond donors (Lipinski definition) is 0. The zero-order valence-corrected chi connectivity index (χ0v) is 6.32. The molecule has 0 aromatic rings. The summed E-state index contributed by atoms with van der Waals surface area (Å²) in [5, 5.41) is 9.05. The molecule has 0 aromatic carbocycles. The molecule has 0 aliphatic heterocycles. The first-order valence-corrected chi connectivity index (χ1v) is 3.26. The van der Waals surface area contributed by atoms with Gasteiger partial charge in [0.1, 0.15) is 0 Å². The summed E-state index contributed by atoms with van der Waals surface area (Å²) in [6.07, 6.45) is 4.06. The lowest BCUT2D eigenvalue weighted by Gasteiger charge is -2.08. The van der Waals surface area contributed by atoms with Crippen LogP contribution in [0, 0.1) is 0 Å². The van der Waals surface area contributed by atoms with Crippen molar-refractivity contribution in [2.45, 2.75) is 13.3 Å². The maximum absolute atomic E-state index is 3.77. The molecule has 0 spiro atoms. The lowest BCUT2D eigenvalue weighted by atomic mass is 10.5. The van der Waals surface area contributed by atoms with Gasteiger partial charge in [0.25, 0.3) is 0 Å². The molecule has 0 fully saturated rings. The van der Waals surface area contributed by atoms with Crippen LogP contribution in [-0.4, -0.2) is 11.6 Å². The Bertz CT molecular complexity index is 129. The Kier molecular flexibility index (Phi) is 5.33. The van der Waals surface area contributed by atoms with Crippen molar-refractivity contribution < 1.29 is 0 Å². The second-order valence-corrected chi connectivity index (χ2v) is 1.73. The number of nitrogens with zero attached hydrogens (tertiary/aromatic N) is 3. The van der Waals surface area contributed by atoms with Crippen LogP contribution in [-0.2, 0) is 0 Å². The summed E-state index contributed by atoms with van der Waals surface area (Å²) >= 11 is 0. The predicted molar refractivity (Wildman–Crippen MR) is 42.2 cm³/mol. The summed E-state index contributed by atoms with van der Waals surface area (Å²) < 4.78 is 0. The molecule has 0 bridgehead atoms. The smallest absolute Gasteiger partial charge is 0.0441 e. The molecule has 3 nitrogen and oxygen atoms in total. The molecule has 0 heterocycles. The fraction of sp³-hybridized carbons (Fsp3) is 0.429. The molecule has 0 saturated heterocycles. The van der Waals surface area contributed by atoms with Crippen molar-refractivity contribution >= 4 is 0 Å². The average molecular weight is 139 g/mol. The Hall–Kier alpha value is -1.12. The van der Waals surface area contributed by atoms with Gasteiger partial charge < -0.3 is 0 Å². The van der Waals surface area contributed by atoms with Crippen molar-refractivity contribution in [3.05, 3.63) is 25.6 Å². The van der Waals surface area contributed by atoms with E-state index in [1.54, 1.807) is 11.2 Å². The van der Waals surface area contributed by atoms with Crippen LogP contribution in [0.3, 0.4) is 0 Å². The van der Waals surface area contributed by atoms with Crippen LogP contribution in [0.5, 0.6) is 0 Å². The first-order valence-electron chi connectivity index (χ1n) is 3.26. The van der Waals surface area contributed by atoms with E-state index in [1.807, 2.05) is 0 Å². The number of rotatable bonds is 5. The quantitative estimate of drug-likeness (QED) is 0.424. The van der Waals surface area contributed by atoms with Gasteiger partial charge in [-0.2, -0.15) is 0 Å². The molecule has 0 unspecified atom stereocenters. The van der Waals surface area contributed by atoms with Crippen LogP contribution in [0.25, 0.3) is 0 Å². The lowest BCUT2D eigenvalue weighted by Crippen LogP contribution is -2.08. The molecule has 0 saturated carbocycles. The van der Waals surface area contributed by atoms with Crippen LogP contribution in [0.15, 0.2) is 35.9 Å². The van der Waals surface area contributed by atoms with Crippen molar-refractivity contribution in [2.75, 3.05) is 6.54 Å². The van der Waals surface area contributed by atoms with E-state index in [0.29, 0.717) is 0 Å². The molecule has 56 valence electrons. The SMILES string of the molecule is C=C/N=N\N(C=C)CCC. The maximum Gasteiger partial charge on any atom is 0.0441 e. The van der Waals surface area contributed by atoms with Gasteiger partial charge in [0.05, 0.1) is 0 Å². The van der Waals surface area contributed by atoms with Gasteiger partial charge in [-0.1, -0.05) is 25.3 Å². The monoisotopic (exact) mass is 139 g/mol. The molecule has 3 heteroatoms.